The fourth-order valence-electron chi connectivity index (χ4n) is 3.01. The molecule has 0 unspecified atom stereocenters. The third-order valence-corrected chi connectivity index (χ3v) is 6.81. The van der Waals surface area contributed by atoms with Crippen molar-refractivity contribution in [3.8, 4) is 0 Å². The van der Waals surface area contributed by atoms with E-state index < -0.39 is 21.7 Å². The number of rotatable bonds is 6. The van der Waals surface area contributed by atoms with Gasteiger partial charge in [0.1, 0.15) is 0 Å². The number of benzene rings is 2. The van der Waals surface area contributed by atoms with Crippen molar-refractivity contribution in [3.05, 3.63) is 59.1 Å². The number of sulfonamides is 1. The fraction of sp³-hybridized carbons (Fsp3) is 0.316. The summed E-state index contributed by atoms with van der Waals surface area (Å²) < 4.78 is 52.9. The van der Waals surface area contributed by atoms with E-state index >= 15 is 0 Å². The maximum absolute atomic E-state index is 13.2. The molecule has 2 aromatic rings. The van der Waals surface area contributed by atoms with Crippen LogP contribution in [0.4, 0.5) is 14.5 Å². The highest BCUT2D eigenvalue weighted by molar-refractivity contribution is 7.89. The Kier molecular flexibility index (Phi) is 6.84. The van der Waals surface area contributed by atoms with Crippen LogP contribution in [-0.2, 0) is 14.8 Å². The maximum atomic E-state index is 13.2. The van der Waals surface area contributed by atoms with E-state index in [1.54, 1.807) is 0 Å². The molecule has 1 aliphatic heterocycles. The van der Waals surface area contributed by atoms with Crippen molar-refractivity contribution < 1.29 is 22.0 Å². The number of carbonyl (C=O) groups is 1. The molecule has 29 heavy (non-hydrogen) atoms. The van der Waals surface area contributed by atoms with E-state index in [2.05, 4.69) is 5.32 Å². The molecular weight excluding hydrogens is 424 g/mol. The van der Waals surface area contributed by atoms with E-state index in [-0.39, 0.29) is 22.9 Å². The second kappa shape index (κ2) is 9.17. The minimum atomic E-state index is -3.58. The highest BCUT2D eigenvalue weighted by atomic mass is 35.5. The Morgan fingerprint density at radius 2 is 1.66 bits per heavy atom. The molecule has 1 fully saturated rings. The van der Waals surface area contributed by atoms with Crippen molar-refractivity contribution in [3.63, 3.8) is 0 Å². The summed E-state index contributed by atoms with van der Waals surface area (Å²) in [5.74, 6) is -2.33. The number of halogens is 3. The Labute approximate surface area is 173 Å². The molecule has 1 saturated heterocycles. The largest absolute Gasteiger partial charge is 0.326 e. The quantitative estimate of drug-likeness (QED) is 0.745. The molecule has 0 atom stereocenters. The van der Waals surface area contributed by atoms with Crippen molar-refractivity contribution in [1.82, 2.24) is 9.21 Å². The van der Waals surface area contributed by atoms with Crippen molar-refractivity contribution in [1.29, 1.82) is 0 Å². The molecule has 0 bridgehead atoms. The molecule has 1 aliphatic rings. The Bertz CT molecular complexity index is 979. The predicted molar refractivity (Wildman–Crippen MR) is 106 cm³/mol. The van der Waals surface area contributed by atoms with Gasteiger partial charge >= 0.3 is 0 Å². The lowest BCUT2D eigenvalue weighted by Crippen LogP contribution is -2.49. The second-order valence-electron chi connectivity index (χ2n) is 6.63. The molecule has 1 amide bonds. The number of carbonyl (C=O) groups excluding carboxylic acids is 1. The van der Waals surface area contributed by atoms with Crippen molar-refractivity contribution in [2.45, 2.75) is 11.3 Å². The maximum Gasteiger partial charge on any atom is 0.243 e. The van der Waals surface area contributed by atoms with Crippen LogP contribution in [0.5, 0.6) is 0 Å². The highest BCUT2D eigenvalue weighted by Crippen LogP contribution is 2.20. The molecule has 2 aromatic carbocycles. The Hall–Kier alpha value is -2.07. The SMILES string of the molecule is O=C(CCN1CCN(S(=O)(=O)c2ccc(Cl)cc2)CC1)Nc1ccc(F)c(F)c1. The first kappa shape index (κ1) is 21.6. The monoisotopic (exact) mass is 443 g/mol. The molecule has 0 aromatic heterocycles. The summed E-state index contributed by atoms with van der Waals surface area (Å²) in [5.41, 5.74) is 0.188. The van der Waals surface area contributed by atoms with Crippen LogP contribution in [0.15, 0.2) is 47.4 Å². The highest BCUT2D eigenvalue weighted by Gasteiger charge is 2.28. The van der Waals surface area contributed by atoms with Crippen molar-refractivity contribution >= 4 is 33.2 Å². The number of hydrogen-bond donors (Lipinski definition) is 1. The standard InChI is InChI=1S/C19H20ClF2N3O3S/c20-14-1-4-16(5-2-14)29(27,28)25-11-9-24(10-12-25)8-7-19(26)23-15-3-6-17(21)18(22)13-15/h1-6,13H,7-12H2,(H,23,26). The number of hydrogen-bond acceptors (Lipinski definition) is 4. The van der Waals surface area contributed by atoms with Crippen LogP contribution in [0.25, 0.3) is 0 Å². The smallest absolute Gasteiger partial charge is 0.243 e. The first-order valence-corrected chi connectivity index (χ1v) is 10.8. The minimum absolute atomic E-state index is 0.156. The average Bonchev–Trinajstić information content (AvgIpc) is 2.70. The number of nitrogens with one attached hydrogen (secondary N) is 1. The van der Waals surface area contributed by atoms with Crippen LogP contribution in [0.1, 0.15) is 6.42 Å². The van der Waals surface area contributed by atoms with Gasteiger partial charge in [-0.2, -0.15) is 4.31 Å². The number of anilines is 1. The van der Waals surface area contributed by atoms with Crippen LogP contribution >= 0.6 is 11.6 Å². The van der Waals surface area contributed by atoms with Gasteiger partial charge in [0.2, 0.25) is 15.9 Å². The van der Waals surface area contributed by atoms with E-state index in [4.69, 9.17) is 11.6 Å². The molecule has 0 saturated carbocycles. The summed E-state index contributed by atoms with van der Waals surface area (Å²) in [4.78, 5) is 14.2. The Morgan fingerprint density at radius 3 is 2.28 bits per heavy atom. The molecule has 0 aliphatic carbocycles. The lowest BCUT2D eigenvalue weighted by Gasteiger charge is -2.33. The minimum Gasteiger partial charge on any atom is -0.326 e. The lowest BCUT2D eigenvalue weighted by molar-refractivity contribution is -0.116. The zero-order valence-electron chi connectivity index (χ0n) is 15.4. The summed E-state index contributed by atoms with van der Waals surface area (Å²) in [7, 11) is -3.58. The molecule has 156 valence electrons. The van der Waals surface area contributed by atoms with E-state index in [1.165, 1.54) is 34.6 Å². The van der Waals surface area contributed by atoms with E-state index in [0.717, 1.165) is 12.1 Å². The molecule has 1 N–H and O–H groups in total. The van der Waals surface area contributed by atoms with E-state index in [9.17, 15) is 22.0 Å². The molecule has 10 heteroatoms. The van der Waals surface area contributed by atoms with Crippen LogP contribution in [0.3, 0.4) is 0 Å². The van der Waals surface area contributed by atoms with Crippen molar-refractivity contribution in [2.75, 3.05) is 38.0 Å². The molecule has 6 nitrogen and oxygen atoms in total. The van der Waals surface area contributed by atoms with Gasteiger partial charge in [-0.1, -0.05) is 11.6 Å². The first-order valence-electron chi connectivity index (χ1n) is 8.99. The van der Waals surface area contributed by atoms with Gasteiger partial charge in [0.25, 0.3) is 0 Å². The zero-order chi connectivity index (χ0) is 21.0. The summed E-state index contributed by atoms with van der Waals surface area (Å²) in [5, 5.41) is 2.99. The molecule has 3 rings (SSSR count). The topological polar surface area (TPSA) is 69.7 Å². The zero-order valence-corrected chi connectivity index (χ0v) is 17.0. The van der Waals surface area contributed by atoms with E-state index in [1.807, 2.05) is 4.90 Å². The van der Waals surface area contributed by atoms with Gasteiger partial charge in [0, 0.05) is 55.9 Å². The predicted octanol–water partition coefficient (Wildman–Crippen LogP) is 2.95. The van der Waals surface area contributed by atoms with Crippen LogP contribution < -0.4 is 5.32 Å². The molecular formula is C19H20ClF2N3O3S. The number of nitrogens with zero attached hydrogens (tertiary/aromatic N) is 2. The van der Waals surface area contributed by atoms with Crippen molar-refractivity contribution in [2.24, 2.45) is 0 Å². The Morgan fingerprint density at radius 1 is 1.00 bits per heavy atom. The summed E-state index contributed by atoms with van der Waals surface area (Å²) in [6.45, 7) is 2.05. The van der Waals surface area contributed by atoms with Crippen LogP contribution in [-0.4, -0.2) is 56.3 Å². The summed E-state index contributed by atoms with van der Waals surface area (Å²) >= 11 is 5.81. The third kappa shape index (κ3) is 5.51. The third-order valence-electron chi connectivity index (χ3n) is 4.64. The molecule has 0 radical (unpaired) electrons. The van der Waals surface area contributed by atoms with Gasteiger partial charge in [-0.05, 0) is 36.4 Å². The van der Waals surface area contributed by atoms with Gasteiger partial charge in [-0.15, -0.1) is 0 Å². The normalized spacial score (nSPS) is 16.0. The molecule has 0 spiro atoms. The summed E-state index contributed by atoms with van der Waals surface area (Å²) in [6, 6.07) is 9.20. The number of piperazine rings is 1. The van der Waals surface area contributed by atoms with Crippen LogP contribution in [0, 0.1) is 11.6 Å². The lowest BCUT2D eigenvalue weighted by atomic mass is 10.2. The fourth-order valence-corrected chi connectivity index (χ4v) is 4.55. The number of amides is 1. The first-order chi connectivity index (χ1) is 13.8. The van der Waals surface area contributed by atoms with Crippen LogP contribution in [0.2, 0.25) is 5.02 Å². The van der Waals surface area contributed by atoms with Gasteiger partial charge < -0.3 is 10.2 Å². The van der Waals surface area contributed by atoms with E-state index in [0.29, 0.717) is 37.7 Å². The summed E-state index contributed by atoms with van der Waals surface area (Å²) in [6.07, 6.45) is 0.156. The van der Waals surface area contributed by atoms with Gasteiger partial charge in [-0.25, -0.2) is 17.2 Å². The van der Waals surface area contributed by atoms with Gasteiger partial charge in [-0.3, -0.25) is 4.79 Å². The second-order valence-corrected chi connectivity index (χ2v) is 9.00. The molecule has 1 heterocycles. The average molecular weight is 444 g/mol. The van der Waals surface area contributed by atoms with Gasteiger partial charge in [0.05, 0.1) is 4.90 Å². The Balaban J connectivity index is 1.47. The van der Waals surface area contributed by atoms with Gasteiger partial charge in [0.15, 0.2) is 11.6 Å².